The maximum absolute atomic E-state index is 13.1. The number of hydrogen-bond donors (Lipinski definition) is 5. The molecule has 5 heterocycles. The standard InChI is InChI=1S/C19H26N2O4.C17H30N2O5.2C17H30N2O4.C16H28N2O4/c1-13(2)20-18(23)16-10-7-11-21(16)19(24)15(12-17(22)25-3)14-8-5-4-6-9-14;1-11(2)18-15(21)13-8-7-9-19(13)16(22)12(10-14(20)23-5)17(3,4)24-6;2*1-6-12(4)13(10-15(20)23-5)17(22)19-9-7-8-14(19)16(21)18-11(2)3;1-10(2)12(9-14(19)22-5)16(21)18-8-6-7-13(18)15(20)17-11(3)4/h4-6,8-9,13,15-16H,7,10-12H2,1-3H3,(H,20,23);11-13H,7-10H2,1-6H3,(H,18,21);2*11-14H,6-10H2,1-5H3,(H,18,21);10-13H,6-9H2,1-5H3,(H,17,20)/t15-,16-;12-,13+;12-,13+,14+;12-,13-,14-;12-,13-/m01100/s1. The summed E-state index contributed by atoms with van der Waals surface area (Å²) in [7, 11) is 8.08. The molecule has 1 aromatic rings. The minimum atomic E-state index is -0.840. The van der Waals surface area contributed by atoms with Gasteiger partial charge in [0.1, 0.15) is 30.2 Å². The van der Waals surface area contributed by atoms with Gasteiger partial charge in [-0.1, -0.05) is 84.7 Å². The van der Waals surface area contributed by atoms with Gasteiger partial charge in [-0.2, -0.15) is 0 Å². The average Bonchev–Trinajstić information content (AvgIpc) is 1.75. The highest BCUT2D eigenvalue weighted by molar-refractivity contribution is 5.96. The molecule has 5 aliphatic heterocycles. The van der Waals surface area contributed by atoms with Gasteiger partial charge in [-0.15, -0.1) is 0 Å². The molecular weight excluding hydrogens is 1510 g/mol. The zero-order valence-electron chi connectivity index (χ0n) is 74.6. The number of hydrogen-bond acceptors (Lipinski definition) is 21. The molecule has 0 aromatic heterocycles. The van der Waals surface area contributed by atoms with Crippen LogP contribution in [-0.4, -0.2) is 255 Å². The number of methoxy groups -OCH3 is 6. The lowest BCUT2D eigenvalue weighted by molar-refractivity contribution is -0.157. The van der Waals surface area contributed by atoms with Gasteiger partial charge in [0.2, 0.25) is 59.1 Å². The van der Waals surface area contributed by atoms with Crippen molar-refractivity contribution in [1.29, 1.82) is 0 Å². The summed E-state index contributed by atoms with van der Waals surface area (Å²) >= 11 is 0. The molecule has 5 saturated heterocycles. The van der Waals surface area contributed by atoms with Crippen LogP contribution in [0.3, 0.4) is 0 Å². The minimum absolute atomic E-state index is 0.0105. The number of esters is 5. The molecule has 5 N–H and O–H groups in total. The molecule has 6 rings (SSSR count). The average molecular weight is 1650 g/mol. The molecule has 0 radical (unpaired) electrons. The van der Waals surface area contributed by atoms with Crippen LogP contribution in [0.2, 0.25) is 0 Å². The predicted octanol–water partition coefficient (Wildman–Crippen LogP) is 7.75. The first kappa shape index (κ1) is 104. The van der Waals surface area contributed by atoms with Crippen LogP contribution >= 0.6 is 0 Å². The molecule has 0 unspecified atom stereocenters. The number of benzene rings is 1. The monoisotopic (exact) mass is 1650 g/mol. The van der Waals surface area contributed by atoms with Crippen LogP contribution in [0.15, 0.2) is 30.3 Å². The Balaban J connectivity index is 0.000000496. The van der Waals surface area contributed by atoms with Gasteiger partial charge in [0.05, 0.1) is 103 Å². The van der Waals surface area contributed by atoms with E-state index >= 15 is 0 Å². The van der Waals surface area contributed by atoms with E-state index in [1.165, 1.54) is 42.7 Å². The third-order valence-corrected chi connectivity index (χ3v) is 22.0. The minimum Gasteiger partial charge on any atom is -0.469 e. The van der Waals surface area contributed by atoms with E-state index in [0.29, 0.717) is 64.8 Å². The van der Waals surface area contributed by atoms with E-state index < -0.39 is 83.3 Å². The fourth-order valence-corrected chi connectivity index (χ4v) is 14.8. The molecule has 31 nitrogen and oxygen atoms in total. The highest BCUT2D eigenvalue weighted by Crippen LogP contribution is 2.34. The van der Waals surface area contributed by atoms with Crippen molar-refractivity contribution in [2.24, 2.45) is 41.4 Å². The smallest absolute Gasteiger partial charge is 0.306 e. The fraction of sp³-hybridized carbons (Fsp3) is 0.756. The topological polar surface area (TPSA) is 388 Å². The zero-order chi connectivity index (χ0) is 88.9. The maximum atomic E-state index is 13.1. The van der Waals surface area contributed by atoms with Crippen LogP contribution in [0, 0.1) is 41.4 Å². The van der Waals surface area contributed by atoms with Gasteiger partial charge in [0.15, 0.2) is 0 Å². The Hall–Kier alpha value is -8.77. The van der Waals surface area contributed by atoms with Gasteiger partial charge in [-0.25, -0.2) is 0 Å². The van der Waals surface area contributed by atoms with Crippen molar-refractivity contribution in [2.75, 3.05) is 75.4 Å². The number of ether oxygens (including phenoxy) is 6. The van der Waals surface area contributed by atoms with E-state index in [9.17, 15) is 71.9 Å². The third-order valence-electron chi connectivity index (χ3n) is 22.0. The van der Waals surface area contributed by atoms with Crippen LogP contribution in [0.4, 0.5) is 0 Å². The van der Waals surface area contributed by atoms with E-state index in [2.05, 4.69) is 31.3 Å². The molecule has 0 aliphatic carbocycles. The normalized spacial score (nSPS) is 19.4. The molecular formula is C86H144N10O21. The summed E-state index contributed by atoms with van der Waals surface area (Å²) in [5, 5.41) is 14.4. The number of carbonyl (C=O) groups is 15. The Morgan fingerprint density at radius 2 is 0.598 bits per heavy atom. The first-order valence-electron chi connectivity index (χ1n) is 42.0. The van der Waals surface area contributed by atoms with Crippen molar-refractivity contribution in [3.8, 4) is 0 Å². The first-order chi connectivity index (χ1) is 55.0. The molecule has 1 aromatic carbocycles. The van der Waals surface area contributed by atoms with Crippen molar-refractivity contribution in [3.63, 3.8) is 0 Å². The first-order valence-corrected chi connectivity index (χ1v) is 42.0. The predicted molar refractivity (Wildman–Crippen MR) is 441 cm³/mol. The van der Waals surface area contributed by atoms with Crippen molar-refractivity contribution in [3.05, 3.63) is 35.9 Å². The van der Waals surface area contributed by atoms with E-state index in [4.69, 9.17) is 23.7 Å². The van der Waals surface area contributed by atoms with Gasteiger partial charge in [0, 0.05) is 70.0 Å². The van der Waals surface area contributed by atoms with Crippen LogP contribution in [-0.2, 0) is 100 Å². The highest BCUT2D eigenvalue weighted by atomic mass is 16.5. The summed E-state index contributed by atoms with van der Waals surface area (Å²) in [4.78, 5) is 193. The lowest BCUT2D eigenvalue weighted by Crippen LogP contribution is -2.53. The van der Waals surface area contributed by atoms with Crippen molar-refractivity contribution < 1.29 is 100 Å². The second kappa shape index (κ2) is 52.2. The lowest BCUT2D eigenvalue weighted by atomic mass is 9.86. The van der Waals surface area contributed by atoms with Gasteiger partial charge in [-0.3, -0.25) is 71.9 Å². The second-order valence-corrected chi connectivity index (χ2v) is 33.3. The van der Waals surface area contributed by atoms with E-state index in [0.717, 1.165) is 50.5 Å². The third kappa shape index (κ3) is 33.5. The molecule has 0 saturated carbocycles. The number of nitrogens with one attached hydrogen (secondary N) is 5. The van der Waals surface area contributed by atoms with Gasteiger partial charge in [0.25, 0.3) is 0 Å². The van der Waals surface area contributed by atoms with Crippen LogP contribution < -0.4 is 26.6 Å². The van der Waals surface area contributed by atoms with Crippen molar-refractivity contribution >= 4 is 88.9 Å². The molecule has 31 heteroatoms. The van der Waals surface area contributed by atoms with Gasteiger partial charge >= 0.3 is 29.8 Å². The summed E-state index contributed by atoms with van der Waals surface area (Å²) < 4.78 is 29.0. The van der Waals surface area contributed by atoms with Gasteiger partial charge < -0.3 is 79.5 Å². The van der Waals surface area contributed by atoms with Crippen molar-refractivity contribution in [2.45, 2.75) is 306 Å². The molecule has 12 atom stereocenters. The highest BCUT2D eigenvalue weighted by Gasteiger charge is 2.47. The number of amides is 10. The number of likely N-dealkylation sites (tertiary alicyclic amines) is 5. The summed E-state index contributed by atoms with van der Waals surface area (Å²) in [5.41, 5.74) is -0.0831. The molecule has 0 bridgehead atoms. The second-order valence-electron chi connectivity index (χ2n) is 33.3. The number of nitrogens with zero attached hydrogens (tertiary/aromatic N) is 5. The van der Waals surface area contributed by atoms with Crippen LogP contribution in [0.1, 0.15) is 245 Å². The Morgan fingerprint density at radius 1 is 0.350 bits per heavy atom. The molecule has 117 heavy (non-hydrogen) atoms. The van der Waals surface area contributed by atoms with E-state index in [1.54, 1.807) is 38.3 Å². The molecule has 5 fully saturated rings. The maximum Gasteiger partial charge on any atom is 0.306 e. The Kier molecular flexibility index (Phi) is 46.6. The summed E-state index contributed by atoms with van der Waals surface area (Å²) in [5.74, 6) is -5.95. The Labute approximate surface area is 695 Å². The molecule has 0 spiro atoms. The number of carbonyl (C=O) groups excluding carboxylic acids is 15. The quantitative estimate of drug-likeness (QED) is 0.0331. The number of rotatable bonds is 33. The SMILES string of the molecule is CC[C@@H](C)[C@H](CC(=O)OC)C(=O)N1CCC[C@H]1C(=O)NC(C)C.CC[C@H](C)[C@H](CC(=O)OC)C(=O)N1CCC[C@H]1C(=O)NC(C)C.COC(=O)C[C@H](C(=O)N1CCC[C@H]1C(=O)NC(C)C)C(C)(C)OC.COC(=O)C[C@H](C(=O)N1CCC[C@H]1C(=O)NC(C)C)C(C)C.COC(=O)C[C@H](C(=O)N1CCC[C@H]1C(=O)NC(C)C)c1ccccc1. The van der Waals surface area contributed by atoms with E-state index in [-0.39, 0.29) is 151 Å². The van der Waals surface area contributed by atoms with Gasteiger partial charge in [-0.05, 0) is 171 Å². The fourth-order valence-electron chi connectivity index (χ4n) is 14.8. The zero-order valence-corrected chi connectivity index (χ0v) is 74.6. The molecule has 10 amide bonds. The summed E-state index contributed by atoms with van der Waals surface area (Å²) in [6, 6.07) is 7.10. The van der Waals surface area contributed by atoms with Crippen LogP contribution in [0.5, 0.6) is 0 Å². The van der Waals surface area contributed by atoms with Crippen molar-refractivity contribution in [1.82, 2.24) is 51.1 Å². The Morgan fingerprint density at radius 3 is 0.855 bits per heavy atom. The largest absolute Gasteiger partial charge is 0.469 e. The molecule has 5 aliphatic rings. The molecule has 664 valence electrons. The van der Waals surface area contributed by atoms with E-state index in [1.807, 2.05) is 141 Å². The Bertz CT molecular complexity index is 3310. The summed E-state index contributed by atoms with van der Waals surface area (Å²) in [6.07, 6.45) is 8.95. The summed E-state index contributed by atoms with van der Waals surface area (Å²) in [6.45, 7) is 36.9. The lowest BCUT2D eigenvalue weighted by Gasteiger charge is -2.36. The van der Waals surface area contributed by atoms with Crippen LogP contribution in [0.25, 0.3) is 0 Å².